The van der Waals surface area contributed by atoms with Crippen LogP contribution >= 0.6 is 0 Å². The number of amidine groups is 1. The van der Waals surface area contributed by atoms with Crippen molar-refractivity contribution in [3.63, 3.8) is 0 Å². The molecule has 0 N–H and O–H groups in total. The molecule has 0 saturated heterocycles. The van der Waals surface area contributed by atoms with Gasteiger partial charge >= 0.3 is 0 Å². The summed E-state index contributed by atoms with van der Waals surface area (Å²) in [7, 11) is 2.14. The molecular weight excluding hydrogens is 262 g/mol. The molecule has 0 atom stereocenters. The largest absolute Gasteiger partial charge is 0.491 e. The number of aliphatic imine (C=N–C) groups is 1. The van der Waals surface area contributed by atoms with Gasteiger partial charge in [-0.3, -0.25) is 4.99 Å². The van der Waals surface area contributed by atoms with E-state index in [9.17, 15) is 0 Å². The van der Waals surface area contributed by atoms with Crippen LogP contribution in [0, 0.1) is 0 Å². The van der Waals surface area contributed by atoms with Crippen molar-refractivity contribution in [3.8, 4) is 5.75 Å². The summed E-state index contributed by atoms with van der Waals surface area (Å²) in [4.78, 5) is 7.03. The summed E-state index contributed by atoms with van der Waals surface area (Å²) in [5, 5.41) is 1.35. The van der Waals surface area contributed by atoms with Crippen molar-refractivity contribution < 1.29 is 4.74 Å². The summed E-state index contributed by atoms with van der Waals surface area (Å²) in [5.41, 5.74) is 4.03. The molecule has 2 aliphatic rings. The lowest BCUT2D eigenvalue weighted by molar-refractivity contribution is 0.319. The Morgan fingerprint density at radius 3 is 3.05 bits per heavy atom. The Labute approximate surface area is 125 Å². The van der Waals surface area contributed by atoms with Crippen molar-refractivity contribution in [2.45, 2.75) is 26.3 Å². The van der Waals surface area contributed by atoms with Gasteiger partial charge in [-0.05, 0) is 24.5 Å². The molecule has 0 bridgehead atoms. The van der Waals surface area contributed by atoms with Crippen LogP contribution in [-0.4, -0.2) is 42.0 Å². The van der Waals surface area contributed by atoms with Crippen LogP contribution in [0.2, 0.25) is 0 Å². The number of rotatable bonds is 3. The Morgan fingerprint density at radius 1 is 1.29 bits per heavy atom. The van der Waals surface area contributed by atoms with E-state index in [4.69, 9.17) is 9.73 Å². The number of benzene rings is 1. The average Bonchev–Trinajstić information content (AvgIpc) is 2.85. The number of aromatic nitrogens is 1. The van der Waals surface area contributed by atoms with E-state index < -0.39 is 0 Å². The van der Waals surface area contributed by atoms with Crippen LogP contribution in [0.25, 0.3) is 10.9 Å². The summed E-state index contributed by atoms with van der Waals surface area (Å²) < 4.78 is 8.42. The van der Waals surface area contributed by atoms with E-state index in [0.717, 1.165) is 50.7 Å². The molecule has 1 aromatic heterocycles. The van der Waals surface area contributed by atoms with Gasteiger partial charge in [-0.2, -0.15) is 0 Å². The minimum atomic E-state index is 0.774. The highest BCUT2D eigenvalue weighted by Crippen LogP contribution is 2.37. The lowest BCUT2D eigenvalue weighted by Crippen LogP contribution is -2.39. The smallest absolute Gasteiger partial charge is 0.148 e. The van der Waals surface area contributed by atoms with Gasteiger partial charge in [-0.1, -0.05) is 19.1 Å². The first-order chi connectivity index (χ1) is 10.3. The minimum absolute atomic E-state index is 0.774. The summed E-state index contributed by atoms with van der Waals surface area (Å²) in [6.45, 7) is 5.83. The van der Waals surface area contributed by atoms with E-state index in [0.29, 0.717) is 0 Å². The molecule has 110 valence electrons. The number of likely N-dealkylation sites (N-methyl/N-ethyl adjacent to an activating group) is 1. The lowest BCUT2D eigenvalue weighted by Gasteiger charge is -2.31. The van der Waals surface area contributed by atoms with E-state index >= 15 is 0 Å². The fourth-order valence-electron chi connectivity index (χ4n) is 3.51. The molecule has 0 radical (unpaired) electrons. The third-order valence-corrected chi connectivity index (χ3v) is 4.47. The van der Waals surface area contributed by atoms with E-state index in [-0.39, 0.29) is 0 Å². The van der Waals surface area contributed by atoms with Crippen molar-refractivity contribution in [1.82, 2.24) is 9.47 Å². The fraction of sp³-hybridized carbons (Fsp3) is 0.471. The van der Waals surface area contributed by atoms with Gasteiger partial charge in [-0.25, -0.2) is 0 Å². The van der Waals surface area contributed by atoms with Crippen LogP contribution in [0.5, 0.6) is 5.75 Å². The van der Waals surface area contributed by atoms with Crippen molar-refractivity contribution in [2.24, 2.45) is 4.99 Å². The highest BCUT2D eigenvalue weighted by atomic mass is 16.5. The van der Waals surface area contributed by atoms with Gasteiger partial charge < -0.3 is 14.2 Å². The lowest BCUT2D eigenvalue weighted by atomic mass is 10.0. The fourth-order valence-corrected chi connectivity index (χ4v) is 3.51. The molecule has 21 heavy (non-hydrogen) atoms. The Kier molecular flexibility index (Phi) is 2.91. The van der Waals surface area contributed by atoms with Gasteiger partial charge in [0.15, 0.2) is 0 Å². The Balaban J connectivity index is 1.98. The zero-order valence-electron chi connectivity index (χ0n) is 12.7. The highest BCUT2D eigenvalue weighted by Gasteiger charge is 2.30. The average molecular weight is 283 g/mol. The zero-order valence-corrected chi connectivity index (χ0v) is 12.7. The maximum absolute atomic E-state index is 6.00. The van der Waals surface area contributed by atoms with Crippen molar-refractivity contribution >= 4 is 16.7 Å². The second-order valence-electron chi connectivity index (χ2n) is 5.86. The Bertz CT molecular complexity index is 729. The molecule has 4 heteroatoms. The molecule has 3 heterocycles. The van der Waals surface area contributed by atoms with Crippen LogP contribution in [0.3, 0.4) is 0 Å². The van der Waals surface area contributed by atoms with Gasteiger partial charge in [0.05, 0.1) is 17.8 Å². The number of ether oxygens (including phenoxy) is 1. The molecule has 4 rings (SSSR count). The van der Waals surface area contributed by atoms with Crippen LogP contribution in [-0.2, 0) is 13.0 Å². The Hall–Kier alpha value is -1.97. The van der Waals surface area contributed by atoms with Gasteiger partial charge in [0.1, 0.15) is 11.6 Å². The van der Waals surface area contributed by atoms with E-state index in [1.54, 1.807) is 0 Å². The molecular formula is C17H21N3O. The number of hydrogen-bond donors (Lipinski definition) is 0. The molecule has 0 saturated carbocycles. The van der Waals surface area contributed by atoms with Gasteiger partial charge in [0.25, 0.3) is 0 Å². The topological polar surface area (TPSA) is 29.8 Å². The van der Waals surface area contributed by atoms with Gasteiger partial charge in [0, 0.05) is 32.1 Å². The SMILES string of the molecule is CCCOc1cccc2c3c4n(c12)CCN(C)C4=NCC3. The Morgan fingerprint density at radius 2 is 2.19 bits per heavy atom. The van der Waals surface area contributed by atoms with Gasteiger partial charge in [0.2, 0.25) is 0 Å². The molecule has 2 aliphatic heterocycles. The number of fused-ring (bicyclic) bond motifs is 3. The number of para-hydroxylation sites is 1. The molecule has 0 spiro atoms. The molecule has 1 aromatic carbocycles. The quantitative estimate of drug-likeness (QED) is 0.867. The molecule has 0 fully saturated rings. The maximum atomic E-state index is 6.00. The summed E-state index contributed by atoms with van der Waals surface area (Å²) in [5.74, 6) is 2.17. The van der Waals surface area contributed by atoms with E-state index in [2.05, 4.69) is 41.6 Å². The number of hydrogen-bond acceptors (Lipinski definition) is 3. The molecule has 2 aromatic rings. The first kappa shape index (κ1) is 12.7. The zero-order chi connectivity index (χ0) is 14.4. The van der Waals surface area contributed by atoms with Crippen LogP contribution in [0.4, 0.5) is 0 Å². The van der Waals surface area contributed by atoms with Crippen molar-refractivity contribution in [2.75, 3.05) is 26.7 Å². The van der Waals surface area contributed by atoms with Crippen molar-refractivity contribution in [3.05, 3.63) is 29.5 Å². The highest BCUT2D eigenvalue weighted by molar-refractivity contribution is 6.07. The first-order valence-electron chi connectivity index (χ1n) is 7.84. The van der Waals surface area contributed by atoms with Gasteiger partial charge in [-0.15, -0.1) is 0 Å². The molecule has 0 unspecified atom stereocenters. The first-order valence-corrected chi connectivity index (χ1v) is 7.84. The number of nitrogens with zero attached hydrogens (tertiary/aromatic N) is 3. The standard InChI is InChI=1S/C17H21N3O/c1-3-11-21-14-6-4-5-12-13-7-8-18-17-16(13)20(15(12)14)10-9-19(17)2/h4-6H,3,7-11H2,1-2H3. The summed E-state index contributed by atoms with van der Waals surface area (Å²) in [6.07, 6.45) is 2.07. The molecule has 0 aliphatic carbocycles. The van der Waals surface area contributed by atoms with Crippen LogP contribution < -0.4 is 4.74 Å². The minimum Gasteiger partial charge on any atom is -0.491 e. The second kappa shape index (κ2) is 4.79. The third kappa shape index (κ3) is 1.78. The van der Waals surface area contributed by atoms with Crippen LogP contribution in [0.1, 0.15) is 24.6 Å². The van der Waals surface area contributed by atoms with E-state index in [1.807, 2.05) is 0 Å². The summed E-state index contributed by atoms with van der Waals surface area (Å²) in [6, 6.07) is 6.45. The monoisotopic (exact) mass is 283 g/mol. The molecule has 4 nitrogen and oxygen atoms in total. The predicted molar refractivity (Wildman–Crippen MR) is 85.5 cm³/mol. The van der Waals surface area contributed by atoms with Crippen LogP contribution in [0.15, 0.2) is 23.2 Å². The second-order valence-corrected chi connectivity index (χ2v) is 5.86. The normalized spacial score (nSPS) is 16.9. The summed E-state index contributed by atoms with van der Waals surface area (Å²) >= 11 is 0. The predicted octanol–water partition coefficient (Wildman–Crippen LogP) is 2.68. The third-order valence-electron chi connectivity index (χ3n) is 4.47. The molecule has 0 amide bonds. The maximum Gasteiger partial charge on any atom is 0.148 e. The van der Waals surface area contributed by atoms with E-state index in [1.165, 1.54) is 22.2 Å². The van der Waals surface area contributed by atoms with Crippen molar-refractivity contribution in [1.29, 1.82) is 0 Å².